The predicted molar refractivity (Wildman–Crippen MR) is 535 cm³/mol. The van der Waals surface area contributed by atoms with E-state index in [1.165, 1.54) is 223 Å². The Bertz CT molecular complexity index is 8380. The highest BCUT2D eigenvalue weighted by atomic mass is 79.9. The van der Waals surface area contributed by atoms with Crippen LogP contribution in [0.1, 0.15) is 0 Å². The molecule has 556 valence electrons. The van der Waals surface area contributed by atoms with Crippen LogP contribution in [0.4, 0.5) is 0 Å². The van der Waals surface area contributed by atoms with Gasteiger partial charge in [0.2, 0.25) is 0 Å². The highest BCUT2D eigenvalue weighted by Crippen LogP contribution is 2.47. The quantitative estimate of drug-likeness (QED) is 0.151. The van der Waals surface area contributed by atoms with Crippen molar-refractivity contribution in [2.24, 2.45) is 0 Å². The summed E-state index contributed by atoms with van der Waals surface area (Å²) in [6, 6.07) is 142. The molecule has 0 aliphatic carbocycles. The van der Waals surface area contributed by atoms with Crippen molar-refractivity contribution in [3.8, 4) is 55.6 Å². The lowest BCUT2D eigenvalue weighted by Crippen LogP contribution is -1.82. The molecule has 0 saturated heterocycles. The third-order valence-corrected chi connectivity index (χ3v) is 29.8. The fourth-order valence-electron chi connectivity index (χ4n) is 17.5. The molecule has 4 aromatic heterocycles. The minimum atomic E-state index is 1.10. The molecule has 0 nitrogen and oxygen atoms in total. The first-order valence-corrected chi connectivity index (χ1v) is 45.7. The molecule has 0 aliphatic rings. The molecule has 0 spiro atoms. The molecular weight excluding hydrogens is 1770 g/mol. The van der Waals surface area contributed by atoms with Crippen molar-refractivity contribution in [1.82, 2.24) is 0 Å². The van der Waals surface area contributed by atoms with E-state index in [-0.39, 0.29) is 0 Å². The third kappa shape index (κ3) is 13.4. The average molecular weight is 1830 g/mol. The molecule has 0 fully saturated rings. The van der Waals surface area contributed by atoms with Gasteiger partial charge in [-0.25, -0.2) is 0 Å². The van der Waals surface area contributed by atoms with Gasteiger partial charge >= 0.3 is 0 Å². The zero-order valence-corrected chi connectivity index (χ0v) is 72.7. The molecule has 0 unspecified atom stereocenters. The summed E-state index contributed by atoms with van der Waals surface area (Å²) >= 11 is 21.9. The summed E-state index contributed by atoms with van der Waals surface area (Å²) in [4.78, 5) is 0. The van der Waals surface area contributed by atoms with E-state index in [4.69, 9.17) is 0 Å². The number of fused-ring (bicyclic) bond motifs is 25. The van der Waals surface area contributed by atoms with Crippen LogP contribution in [0, 0.1) is 0 Å². The SMILES string of the molecule is Brc1cc(-c2ccc3sc4ccc5ccccc5c4c3c2)c2ccccc2c1.Brc1ccc(-c2ccc(-c3ccc4sc5ccc6ccccc6c5c4c3)cc2)cc1.Brc1ccc2c(ccc3cc(-c4ccc5sc6ccc7ccccc7c6c5c4)ccc32)c1.Brc1ccc2cc(-c3ccc4sc5ccc6ccccc6c5c4c3)ccc2c1. The fourth-order valence-corrected chi connectivity index (χ4v) is 23.4. The largest absolute Gasteiger partial charge is 0.135 e. The normalized spacial score (nSPS) is 11.7. The van der Waals surface area contributed by atoms with Gasteiger partial charge in [-0.1, -0.05) is 319 Å². The Labute approximate surface area is 730 Å². The van der Waals surface area contributed by atoms with Crippen LogP contribution in [0.3, 0.4) is 0 Å². The van der Waals surface area contributed by atoms with Crippen LogP contribution in [-0.4, -0.2) is 0 Å². The molecular formula is C110H64Br4S4. The minimum Gasteiger partial charge on any atom is -0.135 e. The topological polar surface area (TPSA) is 0 Å². The van der Waals surface area contributed by atoms with E-state index in [9.17, 15) is 0 Å². The number of hydrogen-bond donors (Lipinski definition) is 0. The number of hydrogen-bond acceptors (Lipinski definition) is 4. The first-order valence-electron chi connectivity index (χ1n) is 39.3. The van der Waals surface area contributed by atoms with Crippen LogP contribution in [0.5, 0.6) is 0 Å². The van der Waals surface area contributed by atoms with E-state index in [2.05, 4.69) is 452 Å². The van der Waals surface area contributed by atoms with Crippen molar-refractivity contribution in [3.63, 3.8) is 0 Å². The maximum atomic E-state index is 3.70. The Hall–Kier alpha value is -11.5. The molecule has 0 radical (unpaired) electrons. The molecule has 0 saturated carbocycles. The van der Waals surface area contributed by atoms with Crippen molar-refractivity contribution in [2.75, 3.05) is 0 Å². The number of benzene rings is 21. The van der Waals surface area contributed by atoms with Gasteiger partial charge in [-0.3, -0.25) is 0 Å². The van der Waals surface area contributed by atoms with Crippen molar-refractivity contribution < 1.29 is 0 Å². The van der Waals surface area contributed by atoms with Gasteiger partial charge in [-0.05, 0) is 275 Å². The molecule has 0 N–H and O–H groups in total. The molecule has 8 heteroatoms. The number of thiophene rings is 4. The molecule has 0 atom stereocenters. The van der Waals surface area contributed by atoms with Crippen LogP contribution in [0.2, 0.25) is 0 Å². The molecule has 0 aliphatic heterocycles. The molecule has 25 aromatic rings. The summed E-state index contributed by atoms with van der Waals surface area (Å²) in [6.45, 7) is 0. The van der Waals surface area contributed by atoms with Gasteiger partial charge in [-0.2, -0.15) is 0 Å². The Balaban J connectivity index is 0.0000000951. The van der Waals surface area contributed by atoms with Crippen LogP contribution in [-0.2, 0) is 0 Å². The van der Waals surface area contributed by atoms with E-state index in [0.717, 1.165) is 17.9 Å². The number of rotatable bonds is 5. The minimum absolute atomic E-state index is 1.10. The summed E-state index contributed by atoms with van der Waals surface area (Å²) in [7, 11) is 0. The number of halogens is 4. The molecule has 118 heavy (non-hydrogen) atoms. The van der Waals surface area contributed by atoms with Crippen LogP contribution < -0.4 is 0 Å². The van der Waals surface area contributed by atoms with E-state index in [1.54, 1.807) is 0 Å². The summed E-state index contributed by atoms with van der Waals surface area (Å²) in [5.74, 6) is 0. The lowest BCUT2D eigenvalue weighted by molar-refractivity contribution is 1.58. The summed E-state index contributed by atoms with van der Waals surface area (Å²) in [6.07, 6.45) is 0. The Kier molecular flexibility index (Phi) is 18.8. The van der Waals surface area contributed by atoms with Crippen LogP contribution in [0.15, 0.2) is 406 Å². The van der Waals surface area contributed by atoms with Gasteiger partial charge < -0.3 is 0 Å². The van der Waals surface area contributed by atoms with Crippen molar-refractivity contribution in [1.29, 1.82) is 0 Å². The maximum absolute atomic E-state index is 3.70. The zero-order valence-electron chi connectivity index (χ0n) is 63.1. The van der Waals surface area contributed by atoms with Gasteiger partial charge in [-0.15, -0.1) is 45.3 Å². The lowest BCUT2D eigenvalue weighted by Gasteiger charge is -2.09. The molecule has 21 aromatic carbocycles. The van der Waals surface area contributed by atoms with E-state index >= 15 is 0 Å². The van der Waals surface area contributed by atoms with Crippen LogP contribution in [0.25, 0.3) is 223 Å². The highest BCUT2D eigenvalue weighted by molar-refractivity contribution is 9.11. The van der Waals surface area contributed by atoms with Gasteiger partial charge in [0, 0.05) is 98.6 Å². The van der Waals surface area contributed by atoms with Crippen molar-refractivity contribution >= 4 is 276 Å². The van der Waals surface area contributed by atoms with Gasteiger partial charge in [0.25, 0.3) is 0 Å². The van der Waals surface area contributed by atoms with E-state index < -0.39 is 0 Å². The Morgan fingerprint density at radius 2 is 0.390 bits per heavy atom. The standard InChI is InChI=1S/C30H17BrS.C28H17BrS.2C26H15BrS/c31-23-10-12-25-22(16-23)6-5-21-15-19(7-11-24(21)25)20-9-13-28-27(17-20)30-26-4-2-1-3-18(26)8-14-29(30)32-28;29-23-13-9-19(10-14-23)18-5-7-20(8-6-18)22-12-15-26-25(17-22)28-24-4-2-1-3-21(24)11-16-27(28)30-26;27-19-13-17-6-2-3-7-20(17)22(15-19)18-10-11-24-23(14-18)26-21-8-4-1-5-16(21)9-12-25(26)28-24;27-21-10-7-18-13-17(5-6-19(18)14-21)20-9-11-24-23(15-20)26-22-4-2-1-3-16(22)8-12-25(26)28-24/h1-17H;1-17H;2*1-15H. The zero-order chi connectivity index (χ0) is 78.6. The average Bonchev–Trinajstić information content (AvgIpc) is 1.62. The second-order valence-corrected chi connectivity index (χ2v) is 38.2. The fraction of sp³-hybridized carbons (Fsp3) is 0. The predicted octanol–water partition coefficient (Wildman–Crippen LogP) is 36.8. The molecule has 0 bridgehead atoms. The third-order valence-electron chi connectivity index (χ3n) is 23.2. The second kappa shape index (κ2) is 30.5. The molecule has 4 heterocycles. The summed E-state index contributed by atoms with van der Waals surface area (Å²) < 4.78 is 15.2. The van der Waals surface area contributed by atoms with Gasteiger partial charge in [0.05, 0.1) is 0 Å². The van der Waals surface area contributed by atoms with Crippen molar-refractivity contribution in [3.05, 3.63) is 406 Å². The van der Waals surface area contributed by atoms with Crippen molar-refractivity contribution in [2.45, 2.75) is 0 Å². The second-order valence-electron chi connectivity index (χ2n) is 30.2. The Morgan fingerprint density at radius 3 is 0.856 bits per heavy atom. The smallest absolute Gasteiger partial charge is 0.0361 e. The molecule has 25 rings (SSSR count). The monoisotopic (exact) mass is 1830 g/mol. The van der Waals surface area contributed by atoms with E-state index in [1.807, 2.05) is 45.3 Å². The summed E-state index contributed by atoms with van der Waals surface area (Å²) in [5, 5.41) is 31.6. The Morgan fingerprint density at radius 1 is 0.136 bits per heavy atom. The van der Waals surface area contributed by atoms with E-state index in [0.29, 0.717) is 0 Å². The summed E-state index contributed by atoms with van der Waals surface area (Å²) in [5.41, 5.74) is 12.6. The van der Waals surface area contributed by atoms with Crippen LogP contribution >= 0.6 is 109 Å². The van der Waals surface area contributed by atoms with Gasteiger partial charge in [0.1, 0.15) is 0 Å². The molecule has 0 amide bonds. The first kappa shape index (κ1) is 72.9. The van der Waals surface area contributed by atoms with Gasteiger partial charge in [0.15, 0.2) is 0 Å². The maximum Gasteiger partial charge on any atom is 0.0361 e. The highest BCUT2D eigenvalue weighted by Gasteiger charge is 2.18. The lowest BCUT2D eigenvalue weighted by atomic mass is 9.96. The first-order chi connectivity index (χ1) is 58.0.